The van der Waals surface area contributed by atoms with Gasteiger partial charge in [0, 0.05) is 5.39 Å². The Labute approximate surface area is 68.4 Å². The molecule has 0 nitrogen and oxygen atoms in total. The van der Waals surface area contributed by atoms with E-state index < -0.39 is 11.6 Å². The Hall–Kier alpha value is -1.44. The van der Waals surface area contributed by atoms with E-state index in [-0.39, 0.29) is 0 Å². The van der Waals surface area contributed by atoms with Crippen LogP contribution in [0.25, 0.3) is 10.8 Å². The van der Waals surface area contributed by atoms with Crippen LogP contribution in [0.1, 0.15) is 0 Å². The van der Waals surface area contributed by atoms with Crippen molar-refractivity contribution in [2.45, 2.75) is 0 Å². The molecule has 0 saturated heterocycles. The van der Waals surface area contributed by atoms with Gasteiger partial charge in [-0.05, 0) is 35.7 Å². The maximum Gasteiger partial charge on any atom is 0.131 e. The van der Waals surface area contributed by atoms with E-state index in [9.17, 15) is 8.78 Å². The summed E-state index contributed by atoms with van der Waals surface area (Å²) in [4.78, 5) is 0. The molecule has 0 amide bonds. The molecule has 0 aliphatic rings. The largest absolute Gasteiger partial charge is 0.207 e. The van der Waals surface area contributed by atoms with Crippen molar-refractivity contribution in [1.82, 2.24) is 0 Å². The summed E-state index contributed by atoms with van der Waals surface area (Å²) in [5, 5.41) is 0.963. The lowest BCUT2D eigenvalue weighted by atomic mass is 10.1. The summed E-state index contributed by atoms with van der Waals surface area (Å²) < 4.78 is 25.6. The van der Waals surface area contributed by atoms with Gasteiger partial charge >= 0.3 is 0 Å². The molecule has 0 heterocycles. The molecular formula is C10H5F2. The molecule has 59 valence electrons. The average Bonchev–Trinajstić information content (AvgIpc) is 2.07. The second kappa shape index (κ2) is 2.55. The normalized spacial score (nSPS) is 10.5. The van der Waals surface area contributed by atoms with Crippen molar-refractivity contribution >= 4 is 10.8 Å². The minimum Gasteiger partial charge on any atom is -0.207 e. The van der Waals surface area contributed by atoms with E-state index in [1.54, 1.807) is 6.07 Å². The van der Waals surface area contributed by atoms with Crippen LogP contribution < -0.4 is 0 Å². The molecule has 0 aromatic heterocycles. The van der Waals surface area contributed by atoms with Crippen molar-refractivity contribution < 1.29 is 8.78 Å². The maximum absolute atomic E-state index is 13.0. The van der Waals surface area contributed by atoms with E-state index in [4.69, 9.17) is 0 Å². The quantitative estimate of drug-likeness (QED) is 0.560. The average molecular weight is 163 g/mol. The second-order valence-electron chi connectivity index (χ2n) is 2.53. The van der Waals surface area contributed by atoms with Gasteiger partial charge in [0.15, 0.2) is 0 Å². The molecule has 2 aromatic rings. The van der Waals surface area contributed by atoms with Gasteiger partial charge in [0.25, 0.3) is 0 Å². The summed E-state index contributed by atoms with van der Waals surface area (Å²) in [7, 11) is 0. The Balaban J connectivity index is 2.88. The molecule has 0 fully saturated rings. The molecule has 0 unspecified atom stereocenters. The first-order chi connectivity index (χ1) is 5.77. The zero-order chi connectivity index (χ0) is 8.55. The first-order valence-electron chi connectivity index (χ1n) is 3.52. The highest BCUT2D eigenvalue weighted by Crippen LogP contribution is 2.17. The summed E-state index contributed by atoms with van der Waals surface area (Å²) >= 11 is 0. The fraction of sp³-hybridized carbons (Fsp3) is 0. The van der Waals surface area contributed by atoms with E-state index in [2.05, 4.69) is 6.07 Å². The fourth-order valence-corrected chi connectivity index (χ4v) is 1.14. The number of fused-ring (bicyclic) bond motifs is 1. The number of halogens is 2. The smallest absolute Gasteiger partial charge is 0.131 e. The molecule has 2 rings (SSSR count). The molecule has 0 bridgehead atoms. The summed E-state index contributed by atoms with van der Waals surface area (Å²) in [6.45, 7) is 0. The zero-order valence-corrected chi connectivity index (χ0v) is 6.14. The first kappa shape index (κ1) is 7.22. The van der Waals surface area contributed by atoms with Gasteiger partial charge < -0.3 is 0 Å². The van der Waals surface area contributed by atoms with Crippen LogP contribution in [0.3, 0.4) is 0 Å². The van der Waals surface area contributed by atoms with Crippen LogP contribution in [0.5, 0.6) is 0 Å². The topological polar surface area (TPSA) is 0 Å². The van der Waals surface area contributed by atoms with Gasteiger partial charge in [-0.15, -0.1) is 0 Å². The van der Waals surface area contributed by atoms with Crippen LogP contribution >= 0.6 is 0 Å². The summed E-state index contributed by atoms with van der Waals surface area (Å²) in [5.41, 5.74) is 0. The zero-order valence-electron chi connectivity index (χ0n) is 6.14. The lowest BCUT2D eigenvalue weighted by Gasteiger charge is -1.97. The van der Waals surface area contributed by atoms with Crippen molar-refractivity contribution in [3.05, 3.63) is 48.0 Å². The molecular weight excluding hydrogens is 158 g/mol. The second-order valence-corrected chi connectivity index (χ2v) is 2.53. The van der Waals surface area contributed by atoms with Gasteiger partial charge in [-0.1, -0.05) is 6.07 Å². The highest BCUT2D eigenvalue weighted by molar-refractivity contribution is 5.82. The molecule has 0 N–H and O–H groups in total. The molecule has 0 aliphatic carbocycles. The van der Waals surface area contributed by atoms with Crippen LogP contribution in [0.15, 0.2) is 30.3 Å². The van der Waals surface area contributed by atoms with Gasteiger partial charge in [-0.3, -0.25) is 0 Å². The van der Waals surface area contributed by atoms with E-state index >= 15 is 0 Å². The van der Waals surface area contributed by atoms with Crippen molar-refractivity contribution in [2.75, 3.05) is 0 Å². The molecule has 12 heavy (non-hydrogen) atoms. The van der Waals surface area contributed by atoms with Gasteiger partial charge in [0.05, 0.1) is 0 Å². The Morgan fingerprint density at radius 1 is 1.08 bits per heavy atom. The van der Waals surface area contributed by atoms with Crippen LogP contribution in [-0.2, 0) is 0 Å². The van der Waals surface area contributed by atoms with E-state index in [1.807, 2.05) is 0 Å². The third kappa shape index (κ3) is 1.05. The standard InChI is InChI=1S/C10H5F2/c11-8-5-4-7-2-1-3-10(12)9(7)6-8/h2-6H. The van der Waals surface area contributed by atoms with Gasteiger partial charge in [0.2, 0.25) is 0 Å². The predicted octanol–water partition coefficient (Wildman–Crippen LogP) is 2.92. The van der Waals surface area contributed by atoms with Crippen molar-refractivity contribution in [3.8, 4) is 0 Å². The summed E-state index contributed by atoms with van der Waals surface area (Å²) in [6, 6.07) is 9.46. The lowest BCUT2D eigenvalue weighted by Crippen LogP contribution is -1.80. The molecule has 0 aliphatic heterocycles. The first-order valence-corrected chi connectivity index (χ1v) is 3.52. The van der Waals surface area contributed by atoms with Gasteiger partial charge in [0.1, 0.15) is 11.6 Å². The van der Waals surface area contributed by atoms with E-state index in [0.717, 1.165) is 0 Å². The monoisotopic (exact) mass is 163 g/mol. The SMILES string of the molecule is Fc1ccc2c[c]cc(F)c2c1. The molecule has 0 saturated carbocycles. The molecule has 1 radical (unpaired) electrons. The minimum absolute atomic E-state index is 0.300. The molecule has 2 heteroatoms. The Morgan fingerprint density at radius 2 is 1.92 bits per heavy atom. The Morgan fingerprint density at radius 3 is 2.75 bits per heavy atom. The van der Waals surface area contributed by atoms with E-state index in [1.165, 1.54) is 24.3 Å². The highest BCUT2D eigenvalue weighted by Gasteiger charge is 2.00. The van der Waals surface area contributed by atoms with Crippen molar-refractivity contribution in [2.24, 2.45) is 0 Å². The summed E-state index contributed by atoms with van der Waals surface area (Å²) in [5.74, 6) is -0.861. The maximum atomic E-state index is 13.0. The van der Waals surface area contributed by atoms with Crippen molar-refractivity contribution in [3.63, 3.8) is 0 Å². The molecule has 0 spiro atoms. The van der Waals surface area contributed by atoms with Crippen LogP contribution in [0, 0.1) is 17.7 Å². The van der Waals surface area contributed by atoms with Crippen LogP contribution in [0.4, 0.5) is 8.78 Å². The Bertz CT molecular complexity index is 421. The van der Waals surface area contributed by atoms with Crippen LogP contribution in [-0.4, -0.2) is 0 Å². The number of hydrogen-bond donors (Lipinski definition) is 0. The Kier molecular flexibility index (Phi) is 1.54. The lowest BCUT2D eigenvalue weighted by molar-refractivity contribution is 0.621. The van der Waals surface area contributed by atoms with E-state index in [0.29, 0.717) is 10.8 Å². The third-order valence-corrected chi connectivity index (χ3v) is 1.72. The fourth-order valence-electron chi connectivity index (χ4n) is 1.14. The number of benzene rings is 2. The minimum atomic E-state index is -0.438. The summed E-state index contributed by atoms with van der Waals surface area (Å²) in [6.07, 6.45) is 0. The molecule has 2 aromatic carbocycles. The number of hydrogen-bond acceptors (Lipinski definition) is 0. The van der Waals surface area contributed by atoms with Crippen LogP contribution in [0.2, 0.25) is 0 Å². The molecule has 0 atom stereocenters. The number of rotatable bonds is 0. The van der Waals surface area contributed by atoms with Gasteiger partial charge in [-0.25, -0.2) is 8.78 Å². The predicted molar refractivity (Wildman–Crippen MR) is 42.7 cm³/mol. The van der Waals surface area contributed by atoms with Crippen molar-refractivity contribution in [1.29, 1.82) is 0 Å². The van der Waals surface area contributed by atoms with Gasteiger partial charge in [-0.2, -0.15) is 0 Å². The third-order valence-electron chi connectivity index (χ3n) is 1.72. The highest BCUT2D eigenvalue weighted by atomic mass is 19.1.